The first kappa shape index (κ1) is 22.7. The molecule has 1 amide bonds. The van der Waals surface area contributed by atoms with Gasteiger partial charge in [-0.3, -0.25) is 4.79 Å². The van der Waals surface area contributed by atoms with E-state index in [2.05, 4.69) is 27.2 Å². The van der Waals surface area contributed by atoms with E-state index in [1.807, 2.05) is 48.5 Å². The number of sulfonamides is 1. The van der Waals surface area contributed by atoms with E-state index in [0.717, 1.165) is 24.8 Å². The van der Waals surface area contributed by atoms with E-state index in [1.165, 1.54) is 17.8 Å². The maximum atomic E-state index is 12.8. The number of carbonyl (C=O) groups is 1. The fourth-order valence-electron chi connectivity index (χ4n) is 3.22. The largest absolute Gasteiger partial charge is 0.355 e. The van der Waals surface area contributed by atoms with Crippen molar-refractivity contribution in [3.05, 3.63) is 96.2 Å². The fourth-order valence-corrected chi connectivity index (χ4v) is 4.37. The number of nitrogens with zero attached hydrogens (tertiary/aromatic N) is 1. The number of pyridine rings is 1. The molecule has 0 aliphatic carbocycles. The Bertz CT molecular complexity index is 1040. The van der Waals surface area contributed by atoms with Crippen molar-refractivity contribution >= 4 is 15.9 Å². The second kappa shape index (κ2) is 11.4. The Morgan fingerprint density at radius 3 is 2.13 bits per heavy atom. The first-order valence-corrected chi connectivity index (χ1v) is 11.8. The number of aromatic nitrogens is 1. The first-order valence-electron chi connectivity index (χ1n) is 10.3. The lowest BCUT2D eigenvalue weighted by Crippen LogP contribution is -2.48. The molecule has 0 saturated carbocycles. The average Bonchev–Trinajstić information content (AvgIpc) is 2.80. The van der Waals surface area contributed by atoms with Crippen LogP contribution in [0.4, 0.5) is 0 Å². The molecule has 0 radical (unpaired) electrons. The molecule has 0 bridgehead atoms. The zero-order valence-corrected chi connectivity index (χ0v) is 18.1. The van der Waals surface area contributed by atoms with E-state index >= 15 is 0 Å². The molecule has 1 aromatic heterocycles. The van der Waals surface area contributed by atoms with Gasteiger partial charge in [-0.25, -0.2) is 13.4 Å². The zero-order valence-electron chi connectivity index (χ0n) is 17.3. The third-order valence-electron chi connectivity index (χ3n) is 4.84. The Morgan fingerprint density at radius 1 is 0.839 bits per heavy atom. The summed E-state index contributed by atoms with van der Waals surface area (Å²) in [7, 11) is -3.92. The third kappa shape index (κ3) is 7.31. The van der Waals surface area contributed by atoms with Crippen LogP contribution in [0.25, 0.3) is 0 Å². The highest BCUT2D eigenvalue weighted by atomic mass is 32.2. The monoisotopic (exact) mass is 437 g/mol. The maximum absolute atomic E-state index is 12.8. The summed E-state index contributed by atoms with van der Waals surface area (Å²) < 4.78 is 28.0. The van der Waals surface area contributed by atoms with Crippen LogP contribution < -0.4 is 10.0 Å². The van der Waals surface area contributed by atoms with Gasteiger partial charge in [0.05, 0.1) is 0 Å². The van der Waals surface area contributed by atoms with Crippen molar-refractivity contribution in [3.63, 3.8) is 0 Å². The predicted molar refractivity (Wildman–Crippen MR) is 121 cm³/mol. The smallest absolute Gasteiger partial charge is 0.258 e. The molecule has 2 aromatic carbocycles. The molecule has 6 nitrogen and oxygen atoms in total. The highest BCUT2D eigenvalue weighted by molar-refractivity contribution is 7.89. The molecule has 0 aliphatic heterocycles. The molecule has 0 unspecified atom stereocenters. The Hall–Kier alpha value is -3.03. The van der Waals surface area contributed by atoms with Crippen molar-refractivity contribution in [1.82, 2.24) is 15.0 Å². The molecule has 162 valence electrons. The summed E-state index contributed by atoms with van der Waals surface area (Å²) in [6.07, 6.45) is 4.35. The number of hydrogen-bond acceptors (Lipinski definition) is 4. The molecule has 0 aliphatic rings. The number of unbranched alkanes of at least 4 members (excludes halogenated alkanes) is 1. The normalized spacial score (nSPS) is 12.3. The average molecular weight is 438 g/mol. The Morgan fingerprint density at radius 2 is 1.48 bits per heavy atom. The molecule has 0 fully saturated rings. The van der Waals surface area contributed by atoms with Crippen LogP contribution in [0, 0.1) is 0 Å². The first-order chi connectivity index (χ1) is 15.0. The molecule has 31 heavy (non-hydrogen) atoms. The SMILES string of the molecule is O=C(NCCCCc1ccccc1)[C@H](Cc1ccccc1)NS(=O)(=O)c1ccccn1. The fraction of sp³-hybridized carbons (Fsp3) is 0.250. The lowest BCUT2D eigenvalue weighted by molar-refractivity contribution is -0.122. The van der Waals surface area contributed by atoms with Gasteiger partial charge < -0.3 is 5.32 Å². The molecule has 0 saturated heterocycles. The molecular formula is C24H27N3O3S. The van der Waals surface area contributed by atoms with Gasteiger partial charge in [0, 0.05) is 12.7 Å². The lowest BCUT2D eigenvalue weighted by atomic mass is 10.1. The van der Waals surface area contributed by atoms with E-state index in [9.17, 15) is 13.2 Å². The van der Waals surface area contributed by atoms with Gasteiger partial charge in [-0.2, -0.15) is 4.72 Å². The summed E-state index contributed by atoms with van der Waals surface area (Å²) in [6, 6.07) is 23.2. The summed E-state index contributed by atoms with van der Waals surface area (Å²) in [5.41, 5.74) is 2.13. The van der Waals surface area contributed by atoms with E-state index < -0.39 is 16.1 Å². The Kier molecular flexibility index (Phi) is 8.32. The predicted octanol–water partition coefficient (Wildman–Crippen LogP) is 3.11. The van der Waals surface area contributed by atoms with Gasteiger partial charge >= 0.3 is 0 Å². The highest BCUT2D eigenvalue weighted by Crippen LogP contribution is 2.09. The minimum absolute atomic E-state index is 0.108. The standard InChI is InChI=1S/C24H27N3O3S/c28-24(26-18-9-7-13-20-11-3-1-4-12-20)22(19-21-14-5-2-6-15-21)27-31(29,30)23-16-8-10-17-25-23/h1-6,8,10-12,14-17,22,27H,7,9,13,18-19H2,(H,26,28)/t22-/m0/s1. The summed E-state index contributed by atoms with van der Waals surface area (Å²) in [5.74, 6) is -0.344. The van der Waals surface area contributed by atoms with Crippen LogP contribution in [0.1, 0.15) is 24.0 Å². The van der Waals surface area contributed by atoms with Crippen molar-refractivity contribution in [2.45, 2.75) is 36.8 Å². The van der Waals surface area contributed by atoms with Gasteiger partial charge in [-0.1, -0.05) is 66.7 Å². The number of amides is 1. The molecule has 2 N–H and O–H groups in total. The van der Waals surface area contributed by atoms with E-state index in [4.69, 9.17) is 0 Å². The summed E-state index contributed by atoms with van der Waals surface area (Å²) >= 11 is 0. The van der Waals surface area contributed by atoms with Crippen LogP contribution in [0.3, 0.4) is 0 Å². The van der Waals surface area contributed by atoms with Crippen LogP contribution in [0.5, 0.6) is 0 Å². The van der Waals surface area contributed by atoms with Crippen molar-refractivity contribution in [1.29, 1.82) is 0 Å². The summed E-state index contributed by atoms with van der Waals surface area (Å²) in [6.45, 7) is 0.488. The minimum Gasteiger partial charge on any atom is -0.355 e. The number of aryl methyl sites for hydroxylation is 1. The molecule has 0 spiro atoms. The number of rotatable bonds is 11. The van der Waals surface area contributed by atoms with Crippen LogP contribution in [-0.4, -0.2) is 31.9 Å². The number of benzene rings is 2. The molecule has 7 heteroatoms. The molecular weight excluding hydrogens is 410 g/mol. The number of nitrogens with one attached hydrogen (secondary N) is 2. The van der Waals surface area contributed by atoms with Gasteiger partial charge in [0.2, 0.25) is 5.91 Å². The van der Waals surface area contributed by atoms with Crippen molar-refractivity contribution in [3.8, 4) is 0 Å². The quantitative estimate of drug-likeness (QED) is 0.451. The highest BCUT2D eigenvalue weighted by Gasteiger charge is 2.26. The topological polar surface area (TPSA) is 88.2 Å². The Balaban J connectivity index is 1.59. The Labute approximate surface area is 183 Å². The van der Waals surface area contributed by atoms with Gasteiger partial charge in [0.25, 0.3) is 10.0 Å². The summed E-state index contributed by atoms with van der Waals surface area (Å²) in [5, 5.41) is 2.77. The zero-order chi connectivity index (χ0) is 21.9. The summed E-state index contributed by atoms with van der Waals surface area (Å²) in [4.78, 5) is 16.7. The molecule has 1 atom stereocenters. The molecule has 3 rings (SSSR count). The van der Waals surface area contributed by atoms with E-state index in [0.29, 0.717) is 6.54 Å². The van der Waals surface area contributed by atoms with E-state index in [-0.39, 0.29) is 17.4 Å². The second-order valence-corrected chi connectivity index (χ2v) is 8.93. The third-order valence-corrected chi connectivity index (χ3v) is 6.23. The van der Waals surface area contributed by atoms with E-state index in [1.54, 1.807) is 12.1 Å². The van der Waals surface area contributed by atoms with Gasteiger partial charge in [-0.15, -0.1) is 0 Å². The molecule has 3 aromatic rings. The number of hydrogen-bond donors (Lipinski definition) is 2. The van der Waals surface area contributed by atoms with Gasteiger partial charge in [-0.05, 0) is 48.9 Å². The van der Waals surface area contributed by atoms with Gasteiger partial charge in [0.1, 0.15) is 6.04 Å². The van der Waals surface area contributed by atoms with Crippen molar-refractivity contribution < 1.29 is 13.2 Å². The van der Waals surface area contributed by atoms with Crippen LogP contribution in [0.15, 0.2) is 90.1 Å². The van der Waals surface area contributed by atoms with Crippen molar-refractivity contribution in [2.75, 3.05) is 6.54 Å². The van der Waals surface area contributed by atoms with Crippen molar-refractivity contribution in [2.24, 2.45) is 0 Å². The minimum atomic E-state index is -3.92. The van der Waals surface area contributed by atoms with Crippen LogP contribution in [-0.2, 0) is 27.7 Å². The van der Waals surface area contributed by atoms with Crippen LogP contribution >= 0.6 is 0 Å². The lowest BCUT2D eigenvalue weighted by Gasteiger charge is -2.18. The molecule has 1 heterocycles. The maximum Gasteiger partial charge on any atom is 0.258 e. The second-order valence-electron chi connectivity index (χ2n) is 7.27. The van der Waals surface area contributed by atoms with Crippen LogP contribution in [0.2, 0.25) is 0 Å². The van der Waals surface area contributed by atoms with Gasteiger partial charge in [0.15, 0.2) is 5.03 Å². The number of carbonyl (C=O) groups excluding carboxylic acids is 1.